The number of rotatable bonds is 25. The van der Waals surface area contributed by atoms with Crippen LogP contribution in [0.2, 0.25) is 0 Å². The summed E-state index contributed by atoms with van der Waals surface area (Å²) >= 11 is 0. The Balaban J connectivity index is 1.09. The van der Waals surface area contributed by atoms with Gasteiger partial charge in [-0.15, -0.1) is 0 Å². The lowest BCUT2D eigenvalue weighted by Crippen LogP contribution is -2.66. The van der Waals surface area contributed by atoms with Crippen LogP contribution in [-0.4, -0.2) is 136 Å². The van der Waals surface area contributed by atoms with Gasteiger partial charge in [0.15, 0.2) is 18.5 Å². The number of benzene rings is 3. The van der Waals surface area contributed by atoms with Gasteiger partial charge in [-0.2, -0.15) is 0 Å². The van der Waals surface area contributed by atoms with Crippen molar-refractivity contribution in [3.05, 3.63) is 95.6 Å². The van der Waals surface area contributed by atoms with E-state index in [2.05, 4.69) is 10.6 Å². The quantitative estimate of drug-likeness (QED) is 0.0461. The van der Waals surface area contributed by atoms with E-state index >= 15 is 0 Å². The van der Waals surface area contributed by atoms with Gasteiger partial charge in [0.25, 0.3) is 0 Å². The lowest BCUT2D eigenvalue weighted by atomic mass is 9.80. The predicted molar refractivity (Wildman–Crippen MR) is 250 cm³/mol. The average Bonchev–Trinajstić information content (AvgIpc) is 3.71. The number of carbonyl (C=O) groups excluding carboxylic acids is 6. The highest BCUT2D eigenvalue weighted by Crippen LogP contribution is 2.42. The number of carbonyl (C=O) groups is 6. The molecule has 3 amide bonds. The largest absolute Gasteiger partial charge is 0.497 e. The minimum absolute atomic E-state index is 0.0707. The molecule has 0 saturated carbocycles. The number of amides is 3. The Hall–Kier alpha value is -6.08. The van der Waals surface area contributed by atoms with E-state index < -0.39 is 66.2 Å². The van der Waals surface area contributed by atoms with Crippen molar-refractivity contribution < 1.29 is 71.8 Å². The van der Waals surface area contributed by atoms with Gasteiger partial charge < -0.3 is 58.5 Å². The fourth-order valence-electron chi connectivity index (χ4n) is 8.71. The molecule has 5 rings (SSSR count). The van der Waals surface area contributed by atoms with Gasteiger partial charge in [0, 0.05) is 60.2 Å². The van der Waals surface area contributed by atoms with Crippen molar-refractivity contribution in [3.63, 3.8) is 0 Å². The predicted octanol–water partition coefficient (Wildman–Crippen LogP) is 4.49. The molecule has 0 aliphatic carbocycles. The first kappa shape index (κ1) is 53.9. The number of hydrogen-bond acceptors (Lipinski definition) is 15. The Morgan fingerprint density at radius 3 is 1.88 bits per heavy atom. The summed E-state index contributed by atoms with van der Waals surface area (Å²) in [6.45, 7) is 5.32. The van der Waals surface area contributed by atoms with Crippen LogP contribution in [0.4, 0.5) is 0 Å². The highest BCUT2D eigenvalue weighted by atomic mass is 16.7. The maximum absolute atomic E-state index is 13.7. The van der Waals surface area contributed by atoms with Gasteiger partial charge in [0.1, 0.15) is 35.9 Å². The van der Waals surface area contributed by atoms with Crippen LogP contribution in [0.1, 0.15) is 95.8 Å². The Bertz CT molecular complexity index is 2090. The van der Waals surface area contributed by atoms with Gasteiger partial charge in [0.05, 0.1) is 33.0 Å². The van der Waals surface area contributed by atoms with E-state index in [1.807, 2.05) is 78.9 Å². The zero-order valence-corrected chi connectivity index (χ0v) is 40.3. The molecule has 2 heterocycles. The van der Waals surface area contributed by atoms with Crippen molar-refractivity contribution in [1.82, 2.24) is 15.5 Å². The SMILES string of the molecule is COc1ccc(C(OC[C@@H]2C[C@@H](O)CN2C(=O)CCCCCNC(=O)CCCCO[C@@H]2O[C@H](COC(C)=O)[C@H](OC(C)=O)[C@H](OC(C)=O)[C@H]2NC(C)=O)(c2ccccc2)c2ccc(OC)cc2)cc1. The van der Waals surface area contributed by atoms with Crippen molar-refractivity contribution in [2.24, 2.45) is 0 Å². The number of hydrogen-bond donors (Lipinski definition) is 3. The summed E-state index contributed by atoms with van der Waals surface area (Å²) in [4.78, 5) is 76.0. The van der Waals surface area contributed by atoms with E-state index in [1.54, 1.807) is 19.1 Å². The molecule has 0 spiro atoms. The first-order chi connectivity index (χ1) is 33.1. The maximum atomic E-state index is 13.7. The normalized spacial score (nSPS) is 21.1. The lowest BCUT2D eigenvalue weighted by Gasteiger charge is -2.44. The molecule has 376 valence electrons. The zero-order valence-electron chi connectivity index (χ0n) is 40.3. The number of unbranched alkanes of at least 4 members (excludes halogenated alkanes) is 3. The van der Waals surface area contributed by atoms with Crippen molar-refractivity contribution in [2.75, 3.05) is 47.1 Å². The number of likely N-dealkylation sites (tertiary alicyclic amines) is 1. The van der Waals surface area contributed by atoms with Gasteiger partial charge in [-0.1, -0.05) is 61.0 Å². The van der Waals surface area contributed by atoms with Gasteiger partial charge in [-0.05, 0) is 73.1 Å². The molecule has 2 saturated heterocycles. The van der Waals surface area contributed by atoms with E-state index in [-0.39, 0.29) is 57.1 Å². The van der Waals surface area contributed by atoms with Crippen molar-refractivity contribution in [1.29, 1.82) is 0 Å². The first-order valence-corrected chi connectivity index (χ1v) is 23.4. The Morgan fingerprint density at radius 2 is 1.30 bits per heavy atom. The molecule has 0 radical (unpaired) electrons. The smallest absolute Gasteiger partial charge is 0.303 e. The van der Waals surface area contributed by atoms with E-state index in [0.29, 0.717) is 56.6 Å². The topological polar surface area (TPSA) is 224 Å². The third kappa shape index (κ3) is 15.5. The summed E-state index contributed by atoms with van der Waals surface area (Å²) in [6, 6.07) is 23.9. The van der Waals surface area contributed by atoms with Crippen LogP contribution in [-0.2, 0) is 62.8 Å². The van der Waals surface area contributed by atoms with Crippen molar-refractivity contribution in [2.45, 2.75) is 127 Å². The molecule has 3 N–H and O–H groups in total. The van der Waals surface area contributed by atoms with Crippen LogP contribution in [0.15, 0.2) is 78.9 Å². The van der Waals surface area contributed by atoms with Gasteiger partial charge >= 0.3 is 17.9 Å². The highest BCUT2D eigenvalue weighted by molar-refractivity contribution is 5.77. The first-order valence-electron chi connectivity index (χ1n) is 23.4. The van der Waals surface area contributed by atoms with E-state index in [0.717, 1.165) is 30.5 Å². The number of aliphatic hydroxyl groups excluding tert-OH is 1. The number of nitrogens with zero attached hydrogens (tertiary/aromatic N) is 1. The van der Waals surface area contributed by atoms with Crippen LogP contribution in [0, 0.1) is 0 Å². The second-order valence-corrected chi connectivity index (χ2v) is 17.1. The van der Waals surface area contributed by atoms with E-state index in [4.69, 9.17) is 37.9 Å². The highest BCUT2D eigenvalue weighted by Gasteiger charge is 2.51. The van der Waals surface area contributed by atoms with Gasteiger partial charge in [-0.3, -0.25) is 28.8 Å². The summed E-state index contributed by atoms with van der Waals surface area (Å²) in [5.74, 6) is -1.35. The van der Waals surface area contributed by atoms with Crippen LogP contribution in [0.25, 0.3) is 0 Å². The average molecular weight is 962 g/mol. The Labute approximate surface area is 403 Å². The summed E-state index contributed by atoms with van der Waals surface area (Å²) in [7, 11) is 3.23. The van der Waals surface area contributed by atoms with Crippen LogP contribution in [0.5, 0.6) is 11.5 Å². The van der Waals surface area contributed by atoms with Crippen molar-refractivity contribution >= 4 is 35.6 Å². The van der Waals surface area contributed by atoms with E-state index in [1.165, 1.54) is 13.8 Å². The third-order valence-electron chi connectivity index (χ3n) is 11.9. The standard InChI is InChI=1S/C51H67N3O15/c1-33(55)53-47-49(68-36(4)58)48(67-35(3)57)44(32-65-34(2)56)69-50(47)64-28-14-12-17-45(60)52-27-13-8-11-18-46(61)54-30-41(59)29-40(54)31-66-51(37-15-9-7-10-16-37,38-19-23-42(62-5)24-20-38)39-21-25-43(63-6)26-22-39/h7,9-10,15-16,19-26,40-41,44,47-50,59H,8,11-14,17-18,27-32H2,1-6H3,(H,52,60)(H,53,55)/t40-,41+,44+,47+,48-,49+,50+/m0/s1. The maximum Gasteiger partial charge on any atom is 0.303 e. The molecule has 3 aromatic carbocycles. The number of methoxy groups -OCH3 is 2. The minimum atomic E-state index is -1.23. The molecule has 2 fully saturated rings. The molecule has 18 heteroatoms. The van der Waals surface area contributed by atoms with Crippen LogP contribution < -0.4 is 20.1 Å². The number of β-amino-alcohol motifs (C(OH)–C–C–N with tert-alkyl or cyclic N) is 1. The van der Waals surface area contributed by atoms with Gasteiger partial charge in [0.2, 0.25) is 17.7 Å². The second-order valence-electron chi connectivity index (χ2n) is 17.1. The summed E-state index contributed by atoms with van der Waals surface area (Å²) in [5, 5.41) is 16.4. The summed E-state index contributed by atoms with van der Waals surface area (Å²) in [5.41, 5.74) is 1.55. The fourth-order valence-corrected chi connectivity index (χ4v) is 8.71. The molecule has 2 aliphatic heterocycles. The third-order valence-corrected chi connectivity index (χ3v) is 11.9. The summed E-state index contributed by atoms with van der Waals surface area (Å²) < 4.78 is 46.0. The lowest BCUT2D eigenvalue weighted by molar-refractivity contribution is -0.277. The molecular formula is C51H67N3O15. The Morgan fingerprint density at radius 1 is 0.710 bits per heavy atom. The Kier molecular flexibility index (Phi) is 20.8. The van der Waals surface area contributed by atoms with E-state index in [9.17, 15) is 33.9 Å². The minimum Gasteiger partial charge on any atom is -0.497 e. The molecule has 0 bridgehead atoms. The summed E-state index contributed by atoms with van der Waals surface area (Å²) in [6.07, 6.45) is -1.71. The molecule has 69 heavy (non-hydrogen) atoms. The molecule has 7 atom stereocenters. The van der Waals surface area contributed by atoms with Crippen LogP contribution in [0.3, 0.4) is 0 Å². The molecule has 18 nitrogen and oxygen atoms in total. The molecule has 3 aromatic rings. The number of aliphatic hydroxyl groups is 1. The molecular weight excluding hydrogens is 895 g/mol. The monoisotopic (exact) mass is 961 g/mol. The second kappa shape index (κ2) is 26.6. The number of nitrogens with one attached hydrogen (secondary N) is 2. The van der Waals surface area contributed by atoms with Crippen molar-refractivity contribution in [3.8, 4) is 11.5 Å². The zero-order chi connectivity index (χ0) is 49.9. The number of ether oxygens (including phenoxy) is 8. The van der Waals surface area contributed by atoms with Crippen LogP contribution >= 0.6 is 0 Å². The van der Waals surface area contributed by atoms with Gasteiger partial charge in [-0.25, -0.2) is 0 Å². The molecule has 0 aromatic heterocycles. The number of esters is 3. The molecule has 0 unspecified atom stereocenters. The molecule has 2 aliphatic rings. The fraction of sp³-hybridized carbons (Fsp3) is 0.529.